The number of carboxylic acid groups (broad SMARTS) is 1. The van der Waals surface area contributed by atoms with Crippen molar-refractivity contribution in [3.8, 4) is 11.5 Å². The predicted molar refractivity (Wildman–Crippen MR) is 112 cm³/mol. The molecular weight excluding hydrogens is 424 g/mol. The summed E-state index contributed by atoms with van der Waals surface area (Å²) in [6.07, 6.45) is 0.903. The minimum atomic E-state index is -3.95. The molecule has 0 radical (unpaired) electrons. The van der Waals surface area contributed by atoms with E-state index in [1.54, 1.807) is 55.6 Å². The second-order valence-corrected chi connectivity index (χ2v) is 9.11. The second kappa shape index (κ2) is 8.94. The summed E-state index contributed by atoms with van der Waals surface area (Å²) in [5.74, 6) is -0.621. The molecule has 9 nitrogen and oxygen atoms in total. The van der Waals surface area contributed by atoms with Crippen LogP contribution in [0.1, 0.15) is 17.2 Å². The van der Waals surface area contributed by atoms with Crippen LogP contribution in [-0.2, 0) is 26.2 Å². The molecule has 1 heterocycles. The van der Waals surface area contributed by atoms with Crippen molar-refractivity contribution in [2.24, 2.45) is 0 Å². The second-order valence-electron chi connectivity index (χ2n) is 7.18. The van der Waals surface area contributed by atoms with Crippen LogP contribution in [0.15, 0.2) is 48.5 Å². The lowest BCUT2D eigenvalue weighted by Crippen LogP contribution is -2.61. The number of hydrogen-bond donors (Lipinski definition) is 1. The zero-order chi connectivity index (χ0) is 22.8. The highest BCUT2D eigenvalue weighted by molar-refractivity contribution is 7.88. The Morgan fingerprint density at radius 3 is 2.00 bits per heavy atom. The SMILES string of the molecule is COc1ccc(CN2C(=O)CN(S(C)(=O)=O)C(C(=O)O)C2c2ccc(OC)cc2)cc1. The first-order valence-corrected chi connectivity index (χ1v) is 11.3. The van der Waals surface area contributed by atoms with Gasteiger partial charge in [-0.15, -0.1) is 0 Å². The van der Waals surface area contributed by atoms with Crippen LogP contribution >= 0.6 is 0 Å². The third-order valence-electron chi connectivity index (χ3n) is 5.20. The standard InChI is InChI=1S/C21H24N2O7S/c1-29-16-8-4-14(5-9-16)12-22-18(24)13-23(31(3,27)28)20(21(25)26)19(22)15-6-10-17(30-2)11-7-15/h4-11,19-20H,12-13H2,1-3H3,(H,25,26). The van der Waals surface area contributed by atoms with Crippen molar-refractivity contribution < 1.29 is 32.6 Å². The highest BCUT2D eigenvalue weighted by Crippen LogP contribution is 2.35. The monoisotopic (exact) mass is 448 g/mol. The van der Waals surface area contributed by atoms with Gasteiger partial charge in [0.05, 0.1) is 33.1 Å². The number of sulfonamides is 1. The minimum absolute atomic E-state index is 0.112. The third kappa shape index (κ3) is 4.80. The number of hydrogen-bond acceptors (Lipinski definition) is 6. The van der Waals surface area contributed by atoms with Gasteiger partial charge in [0.2, 0.25) is 15.9 Å². The molecule has 166 valence electrons. The van der Waals surface area contributed by atoms with Gasteiger partial charge in [-0.2, -0.15) is 4.31 Å². The van der Waals surface area contributed by atoms with Crippen LogP contribution in [-0.4, -0.2) is 67.7 Å². The first-order valence-electron chi connectivity index (χ1n) is 9.41. The molecule has 1 amide bonds. The molecule has 1 aliphatic rings. The molecule has 0 saturated carbocycles. The summed E-state index contributed by atoms with van der Waals surface area (Å²) in [5, 5.41) is 9.96. The molecule has 2 aromatic rings. The Bertz CT molecular complexity index is 1050. The van der Waals surface area contributed by atoms with Crippen LogP contribution in [0.5, 0.6) is 11.5 Å². The summed E-state index contributed by atoms with van der Waals surface area (Å²) in [6.45, 7) is -0.431. The van der Waals surface area contributed by atoms with Crippen molar-refractivity contribution in [2.75, 3.05) is 27.0 Å². The van der Waals surface area contributed by atoms with Crippen LogP contribution in [0.3, 0.4) is 0 Å². The molecule has 0 aliphatic carbocycles. The molecule has 1 aliphatic heterocycles. The van der Waals surface area contributed by atoms with Gasteiger partial charge < -0.3 is 19.5 Å². The van der Waals surface area contributed by atoms with Gasteiger partial charge in [-0.1, -0.05) is 24.3 Å². The fourth-order valence-electron chi connectivity index (χ4n) is 3.66. The lowest BCUT2D eigenvalue weighted by Gasteiger charge is -2.44. The quantitative estimate of drug-likeness (QED) is 0.683. The van der Waals surface area contributed by atoms with Crippen molar-refractivity contribution in [3.63, 3.8) is 0 Å². The van der Waals surface area contributed by atoms with Gasteiger partial charge in [0.25, 0.3) is 0 Å². The fourth-order valence-corrected chi connectivity index (χ4v) is 4.63. The largest absolute Gasteiger partial charge is 0.497 e. The van der Waals surface area contributed by atoms with Crippen LogP contribution in [0, 0.1) is 0 Å². The summed E-state index contributed by atoms with van der Waals surface area (Å²) >= 11 is 0. The molecule has 31 heavy (non-hydrogen) atoms. The van der Waals surface area contributed by atoms with Crippen LogP contribution < -0.4 is 9.47 Å². The number of carboxylic acids is 1. The van der Waals surface area contributed by atoms with Crippen molar-refractivity contribution >= 4 is 21.9 Å². The number of aliphatic carboxylic acids is 1. The summed E-state index contributed by atoms with van der Waals surface area (Å²) in [6, 6.07) is 11.1. The predicted octanol–water partition coefficient (Wildman–Crippen LogP) is 1.50. The number of amides is 1. The molecule has 0 aromatic heterocycles. The van der Waals surface area contributed by atoms with Crippen molar-refractivity contribution in [2.45, 2.75) is 18.6 Å². The molecular formula is C21H24N2O7S. The molecule has 2 aromatic carbocycles. The average Bonchev–Trinajstić information content (AvgIpc) is 2.74. The summed E-state index contributed by atoms with van der Waals surface area (Å²) in [4.78, 5) is 26.7. The topological polar surface area (TPSA) is 113 Å². The zero-order valence-electron chi connectivity index (χ0n) is 17.4. The summed E-state index contributed by atoms with van der Waals surface area (Å²) in [7, 11) is -0.906. The van der Waals surface area contributed by atoms with E-state index in [9.17, 15) is 23.1 Å². The first-order chi connectivity index (χ1) is 14.7. The van der Waals surface area contributed by atoms with Crippen LogP contribution in [0.25, 0.3) is 0 Å². The van der Waals surface area contributed by atoms with Gasteiger partial charge in [0.15, 0.2) is 0 Å². The maximum atomic E-state index is 13.0. The Labute approximate surface area is 180 Å². The Balaban J connectivity index is 2.08. The lowest BCUT2D eigenvalue weighted by atomic mass is 9.94. The molecule has 0 bridgehead atoms. The Hall–Kier alpha value is -3.11. The molecule has 1 saturated heterocycles. The number of piperazine rings is 1. The smallest absolute Gasteiger partial charge is 0.324 e. The number of carbonyl (C=O) groups excluding carboxylic acids is 1. The number of rotatable bonds is 7. The Morgan fingerprint density at radius 1 is 1.03 bits per heavy atom. The van der Waals surface area contributed by atoms with E-state index in [0.29, 0.717) is 17.1 Å². The van der Waals surface area contributed by atoms with E-state index in [4.69, 9.17) is 9.47 Å². The van der Waals surface area contributed by atoms with E-state index in [1.165, 1.54) is 12.0 Å². The third-order valence-corrected chi connectivity index (χ3v) is 6.41. The molecule has 1 fully saturated rings. The molecule has 10 heteroatoms. The number of methoxy groups -OCH3 is 2. The van der Waals surface area contributed by atoms with Gasteiger partial charge in [0.1, 0.15) is 17.5 Å². The number of ether oxygens (including phenoxy) is 2. The van der Waals surface area contributed by atoms with Crippen molar-refractivity contribution in [3.05, 3.63) is 59.7 Å². The normalized spacial score (nSPS) is 19.8. The van der Waals surface area contributed by atoms with Gasteiger partial charge in [-0.25, -0.2) is 8.42 Å². The minimum Gasteiger partial charge on any atom is -0.497 e. The van der Waals surface area contributed by atoms with Gasteiger partial charge in [0, 0.05) is 6.54 Å². The Morgan fingerprint density at radius 2 is 1.55 bits per heavy atom. The summed E-state index contributed by atoms with van der Waals surface area (Å²) in [5.41, 5.74) is 1.24. The highest BCUT2D eigenvalue weighted by atomic mass is 32.2. The molecule has 1 N–H and O–H groups in total. The summed E-state index contributed by atoms with van der Waals surface area (Å²) < 4.78 is 35.7. The Kier molecular flexibility index (Phi) is 6.51. The van der Waals surface area contributed by atoms with E-state index in [0.717, 1.165) is 16.1 Å². The molecule has 3 rings (SSSR count). The number of benzene rings is 2. The highest BCUT2D eigenvalue weighted by Gasteiger charge is 2.48. The maximum absolute atomic E-state index is 13.0. The van der Waals surface area contributed by atoms with E-state index in [-0.39, 0.29) is 6.54 Å². The van der Waals surface area contributed by atoms with Gasteiger partial charge >= 0.3 is 5.97 Å². The van der Waals surface area contributed by atoms with Crippen LogP contribution in [0.4, 0.5) is 0 Å². The van der Waals surface area contributed by atoms with E-state index in [1.807, 2.05) is 0 Å². The number of nitrogens with zero attached hydrogens (tertiary/aromatic N) is 2. The first kappa shape index (κ1) is 22.6. The van der Waals surface area contributed by atoms with E-state index >= 15 is 0 Å². The molecule has 2 unspecified atom stereocenters. The molecule has 2 atom stereocenters. The van der Waals surface area contributed by atoms with Crippen LogP contribution in [0.2, 0.25) is 0 Å². The van der Waals surface area contributed by atoms with E-state index < -0.39 is 40.5 Å². The molecule has 0 spiro atoms. The maximum Gasteiger partial charge on any atom is 0.324 e. The average molecular weight is 448 g/mol. The van der Waals surface area contributed by atoms with Gasteiger partial charge in [-0.3, -0.25) is 9.59 Å². The zero-order valence-corrected chi connectivity index (χ0v) is 18.2. The number of carbonyl (C=O) groups is 2. The lowest BCUT2D eigenvalue weighted by molar-refractivity contribution is -0.153. The van der Waals surface area contributed by atoms with Crippen molar-refractivity contribution in [1.82, 2.24) is 9.21 Å². The van der Waals surface area contributed by atoms with Crippen molar-refractivity contribution in [1.29, 1.82) is 0 Å². The van der Waals surface area contributed by atoms with E-state index in [2.05, 4.69) is 0 Å². The van der Waals surface area contributed by atoms with Gasteiger partial charge in [-0.05, 0) is 35.4 Å². The fraction of sp³-hybridized carbons (Fsp3) is 0.333.